The van der Waals surface area contributed by atoms with E-state index in [4.69, 9.17) is 5.11 Å². The fourth-order valence-corrected chi connectivity index (χ4v) is 1.97. The molecule has 0 aliphatic heterocycles. The lowest BCUT2D eigenvalue weighted by Crippen LogP contribution is -2.25. The van der Waals surface area contributed by atoms with Crippen LogP contribution in [0.5, 0.6) is 0 Å². The zero-order chi connectivity index (χ0) is 15.6. The summed E-state index contributed by atoms with van der Waals surface area (Å²) in [5, 5.41) is 19.1. The molecule has 1 aromatic carbocycles. The van der Waals surface area contributed by atoms with Crippen molar-refractivity contribution in [1.29, 1.82) is 0 Å². The van der Waals surface area contributed by atoms with Crippen molar-refractivity contribution in [3.05, 3.63) is 41.2 Å². The number of hydrogen-bond acceptors (Lipinski definition) is 4. The smallest absolute Gasteiger partial charge is 0.358 e. The average Bonchev–Trinajstić information content (AvgIpc) is 2.82. The number of amides is 1. The number of hydrogen-bond donors (Lipinski definition) is 2. The van der Waals surface area contributed by atoms with Gasteiger partial charge in [-0.25, -0.2) is 9.48 Å². The molecule has 0 aliphatic carbocycles. The van der Waals surface area contributed by atoms with E-state index in [1.54, 1.807) is 19.9 Å². The largest absolute Gasteiger partial charge is 0.476 e. The zero-order valence-corrected chi connectivity index (χ0v) is 12.0. The van der Waals surface area contributed by atoms with E-state index >= 15 is 0 Å². The van der Waals surface area contributed by atoms with Gasteiger partial charge in [-0.1, -0.05) is 23.4 Å². The molecule has 1 atom stereocenters. The van der Waals surface area contributed by atoms with Gasteiger partial charge in [-0.3, -0.25) is 4.79 Å². The van der Waals surface area contributed by atoms with Crippen LogP contribution in [-0.4, -0.2) is 32.0 Å². The summed E-state index contributed by atoms with van der Waals surface area (Å²) < 4.78 is 1.30. The van der Waals surface area contributed by atoms with Crippen molar-refractivity contribution in [2.45, 2.75) is 26.8 Å². The van der Waals surface area contributed by atoms with E-state index in [1.165, 1.54) is 4.68 Å². The first-order chi connectivity index (χ1) is 9.91. The number of carbonyl (C=O) groups excluding carboxylic acids is 1. The number of carboxylic acids is 1. The second-order valence-electron chi connectivity index (χ2n) is 4.75. The van der Waals surface area contributed by atoms with Crippen molar-refractivity contribution in [2.75, 3.05) is 5.32 Å². The summed E-state index contributed by atoms with van der Waals surface area (Å²) in [7, 11) is 0. The van der Waals surface area contributed by atoms with Gasteiger partial charge >= 0.3 is 5.97 Å². The van der Waals surface area contributed by atoms with E-state index in [9.17, 15) is 9.59 Å². The number of benzene rings is 1. The number of carbonyl (C=O) groups is 2. The van der Waals surface area contributed by atoms with Crippen LogP contribution in [0.15, 0.2) is 24.3 Å². The molecule has 0 saturated carbocycles. The molecule has 0 fully saturated rings. The second kappa shape index (κ2) is 5.74. The molecule has 21 heavy (non-hydrogen) atoms. The van der Waals surface area contributed by atoms with Gasteiger partial charge in [0.25, 0.3) is 0 Å². The summed E-state index contributed by atoms with van der Waals surface area (Å²) in [6.45, 7) is 5.10. The van der Waals surface area contributed by atoms with Crippen LogP contribution in [0.3, 0.4) is 0 Å². The molecule has 0 bridgehead atoms. The fourth-order valence-electron chi connectivity index (χ4n) is 1.97. The summed E-state index contributed by atoms with van der Waals surface area (Å²) in [4.78, 5) is 23.2. The van der Waals surface area contributed by atoms with Crippen LogP contribution in [0.25, 0.3) is 0 Å². The molecule has 2 N–H and O–H groups in total. The number of nitrogens with zero attached hydrogens (tertiary/aromatic N) is 3. The minimum atomic E-state index is -1.16. The number of para-hydroxylation sites is 1. The predicted molar refractivity (Wildman–Crippen MR) is 76.2 cm³/mol. The Morgan fingerprint density at radius 3 is 2.52 bits per heavy atom. The normalized spacial score (nSPS) is 12.0. The van der Waals surface area contributed by atoms with Crippen LogP contribution < -0.4 is 5.32 Å². The van der Waals surface area contributed by atoms with Gasteiger partial charge in [0.2, 0.25) is 5.91 Å². The van der Waals surface area contributed by atoms with E-state index in [1.807, 2.05) is 25.1 Å². The van der Waals surface area contributed by atoms with E-state index in [2.05, 4.69) is 15.6 Å². The Hall–Kier alpha value is -2.70. The summed E-state index contributed by atoms with van der Waals surface area (Å²) in [5.41, 5.74) is 1.85. The Morgan fingerprint density at radius 2 is 1.95 bits per heavy atom. The SMILES string of the molecule is Cc1ccccc1NC(=O)C(C)n1nnc(C(=O)O)c1C. The highest BCUT2D eigenvalue weighted by atomic mass is 16.4. The minimum absolute atomic E-state index is 0.148. The highest BCUT2D eigenvalue weighted by Crippen LogP contribution is 2.17. The van der Waals surface area contributed by atoms with Crippen molar-refractivity contribution in [2.24, 2.45) is 0 Å². The van der Waals surface area contributed by atoms with Gasteiger partial charge in [-0.15, -0.1) is 5.10 Å². The monoisotopic (exact) mass is 288 g/mol. The Labute approximate surface area is 121 Å². The topological polar surface area (TPSA) is 97.1 Å². The molecule has 1 unspecified atom stereocenters. The quantitative estimate of drug-likeness (QED) is 0.894. The van der Waals surface area contributed by atoms with Crippen molar-refractivity contribution in [3.8, 4) is 0 Å². The Morgan fingerprint density at radius 1 is 1.29 bits per heavy atom. The average molecular weight is 288 g/mol. The minimum Gasteiger partial charge on any atom is -0.476 e. The number of anilines is 1. The molecular formula is C14H16N4O3. The molecule has 2 aromatic rings. The molecule has 7 heteroatoms. The number of rotatable bonds is 4. The third kappa shape index (κ3) is 2.91. The van der Waals surface area contributed by atoms with Crippen LogP contribution in [0.1, 0.15) is 34.7 Å². The molecule has 0 radical (unpaired) electrons. The standard InChI is InChI=1S/C14H16N4O3/c1-8-6-4-5-7-11(8)15-13(19)10(3)18-9(2)12(14(20)21)16-17-18/h4-7,10H,1-3H3,(H,15,19)(H,20,21). The van der Waals surface area contributed by atoms with Crippen LogP contribution in [0, 0.1) is 13.8 Å². The van der Waals surface area contributed by atoms with Crippen LogP contribution in [0.2, 0.25) is 0 Å². The summed E-state index contributed by atoms with van der Waals surface area (Å²) >= 11 is 0. The molecule has 1 aromatic heterocycles. The molecule has 0 saturated heterocycles. The van der Waals surface area contributed by atoms with Gasteiger partial charge in [0.05, 0.1) is 5.69 Å². The van der Waals surface area contributed by atoms with Crippen molar-refractivity contribution in [3.63, 3.8) is 0 Å². The summed E-state index contributed by atoms with van der Waals surface area (Å²) in [5.74, 6) is -1.44. The van der Waals surface area contributed by atoms with Gasteiger partial charge in [0, 0.05) is 5.69 Å². The lowest BCUT2D eigenvalue weighted by atomic mass is 10.2. The molecule has 1 amide bonds. The zero-order valence-electron chi connectivity index (χ0n) is 12.0. The molecular weight excluding hydrogens is 272 g/mol. The first-order valence-electron chi connectivity index (χ1n) is 6.43. The summed E-state index contributed by atoms with van der Waals surface area (Å²) in [6.07, 6.45) is 0. The maximum Gasteiger partial charge on any atom is 0.358 e. The lowest BCUT2D eigenvalue weighted by molar-refractivity contribution is -0.119. The molecule has 110 valence electrons. The molecule has 0 aliphatic rings. The van der Waals surface area contributed by atoms with Crippen LogP contribution >= 0.6 is 0 Å². The lowest BCUT2D eigenvalue weighted by Gasteiger charge is -2.14. The van der Waals surface area contributed by atoms with Gasteiger partial charge in [-0.2, -0.15) is 0 Å². The highest BCUT2D eigenvalue weighted by molar-refractivity contribution is 5.94. The van der Waals surface area contributed by atoms with Gasteiger partial charge < -0.3 is 10.4 Å². The van der Waals surface area contributed by atoms with Crippen molar-refractivity contribution >= 4 is 17.6 Å². The van der Waals surface area contributed by atoms with Gasteiger partial charge in [-0.05, 0) is 32.4 Å². The Kier molecular flexibility index (Phi) is 4.02. The van der Waals surface area contributed by atoms with Crippen LogP contribution in [0.4, 0.5) is 5.69 Å². The predicted octanol–water partition coefficient (Wildman–Crippen LogP) is 1.79. The second-order valence-corrected chi connectivity index (χ2v) is 4.75. The fraction of sp³-hybridized carbons (Fsp3) is 0.286. The number of nitrogens with one attached hydrogen (secondary N) is 1. The third-order valence-corrected chi connectivity index (χ3v) is 3.28. The van der Waals surface area contributed by atoms with Gasteiger partial charge in [0.1, 0.15) is 6.04 Å². The first kappa shape index (κ1) is 14.7. The highest BCUT2D eigenvalue weighted by Gasteiger charge is 2.23. The molecule has 7 nitrogen and oxygen atoms in total. The van der Waals surface area contributed by atoms with Crippen LogP contribution in [-0.2, 0) is 4.79 Å². The van der Waals surface area contributed by atoms with E-state index in [0.29, 0.717) is 11.4 Å². The van der Waals surface area contributed by atoms with Crippen molar-refractivity contribution in [1.82, 2.24) is 15.0 Å². The van der Waals surface area contributed by atoms with Gasteiger partial charge in [0.15, 0.2) is 5.69 Å². The number of carboxylic acid groups (broad SMARTS) is 1. The summed E-state index contributed by atoms with van der Waals surface area (Å²) in [6, 6.07) is 6.75. The first-order valence-corrected chi connectivity index (χ1v) is 6.43. The maximum atomic E-state index is 12.2. The van der Waals surface area contributed by atoms with E-state index < -0.39 is 12.0 Å². The number of aromatic carboxylic acids is 1. The number of aromatic nitrogens is 3. The Bertz CT molecular complexity index is 693. The molecule has 0 spiro atoms. The molecule has 1 heterocycles. The third-order valence-electron chi connectivity index (χ3n) is 3.28. The van der Waals surface area contributed by atoms with Crippen molar-refractivity contribution < 1.29 is 14.7 Å². The maximum absolute atomic E-state index is 12.2. The van der Waals surface area contributed by atoms with E-state index in [-0.39, 0.29) is 11.6 Å². The van der Waals surface area contributed by atoms with E-state index in [0.717, 1.165) is 5.56 Å². The molecule has 2 rings (SSSR count). The Balaban J connectivity index is 2.20. The number of aryl methyl sites for hydroxylation is 1.